The van der Waals surface area contributed by atoms with Gasteiger partial charge in [0, 0.05) is 18.6 Å². The van der Waals surface area contributed by atoms with Crippen LogP contribution in [0.2, 0.25) is 0 Å². The summed E-state index contributed by atoms with van der Waals surface area (Å²) in [4.78, 5) is 0. The molecule has 39 heavy (non-hydrogen) atoms. The van der Waals surface area contributed by atoms with E-state index >= 15 is 0 Å². The van der Waals surface area contributed by atoms with Crippen LogP contribution in [0, 0.1) is 11.3 Å². The lowest BCUT2D eigenvalue weighted by Gasteiger charge is -2.41. The van der Waals surface area contributed by atoms with Crippen molar-refractivity contribution in [3.8, 4) is 0 Å². The summed E-state index contributed by atoms with van der Waals surface area (Å²) in [6.45, 7) is 14.7. The molecule has 2 saturated carbocycles. The molecule has 0 aromatic carbocycles. The third kappa shape index (κ3) is 14.7. The van der Waals surface area contributed by atoms with E-state index in [0.29, 0.717) is 11.3 Å². The van der Waals surface area contributed by atoms with Gasteiger partial charge in [-0.3, -0.25) is 0 Å². The normalized spacial score (nSPS) is 25.9. The summed E-state index contributed by atoms with van der Waals surface area (Å²) in [6, 6.07) is 0. The van der Waals surface area contributed by atoms with E-state index in [-0.39, 0.29) is 19.3 Å². The topological polar surface area (TPSA) is 101 Å². The maximum Gasteiger partial charge on any atom is 0.0732 e. The highest BCUT2D eigenvalue weighted by Gasteiger charge is 2.44. The molecular weight excluding hydrogens is 508 g/mol. The molecule has 0 saturated heterocycles. The molecule has 0 heterocycles. The van der Waals surface area contributed by atoms with Crippen molar-refractivity contribution < 1.29 is 25.5 Å². The first kappa shape index (κ1) is 40.5. The van der Waals surface area contributed by atoms with Crippen molar-refractivity contribution in [2.75, 3.05) is 31.8 Å². The highest BCUT2D eigenvalue weighted by molar-refractivity contribution is 7.99. The molecule has 0 aliphatic heterocycles. The Bertz CT molecular complexity index is 682. The molecule has 6 heteroatoms. The number of allylic oxidation sites excluding steroid dienone is 4. The van der Waals surface area contributed by atoms with Gasteiger partial charge in [-0.2, -0.15) is 11.8 Å². The molecule has 3 atom stereocenters. The van der Waals surface area contributed by atoms with Gasteiger partial charge in [-0.25, -0.2) is 0 Å². The Kier molecular flexibility index (Phi) is 24.9. The van der Waals surface area contributed by atoms with Gasteiger partial charge in [0.15, 0.2) is 0 Å². The molecular formula is C33H64O5S. The summed E-state index contributed by atoms with van der Waals surface area (Å²) in [5.74, 6) is 2.56. The van der Waals surface area contributed by atoms with E-state index in [0.717, 1.165) is 57.1 Å². The van der Waals surface area contributed by atoms with Crippen molar-refractivity contribution in [2.45, 2.75) is 131 Å². The van der Waals surface area contributed by atoms with Gasteiger partial charge in [0.25, 0.3) is 0 Å². The average molecular weight is 573 g/mol. The number of fused-ring (bicyclic) bond motifs is 1. The second kappa shape index (κ2) is 24.0. The fourth-order valence-electron chi connectivity index (χ4n) is 5.38. The molecule has 0 bridgehead atoms. The smallest absolute Gasteiger partial charge is 0.0732 e. The van der Waals surface area contributed by atoms with Crippen molar-refractivity contribution >= 4 is 11.8 Å². The van der Waals surface area contributed by atoms with Crippen LogP contribution in [0.15, 0.2) is 34.9 Å². The van der Waals surface area contributed by atoms with Crippen LogP contribution in [0.1, 0.15) is 119 Å². The number of rotatable bonds is 8. The summed E-state index contributed by atoms with van der Waals surface area (Å²) in [5, 5.41) is 42.8. The summed E-state index contributed by atoms with van der Waals surface area (Å²) < 4.78 is 0. The molecule has 3 rings (SSSR count). The van der Waals surface area contributed by atoms with Gasteiger partial charge < -0.3 is 25.5 Å². The molecule has 5 N–H and O–H groups in total. The van der Waals surface area contributed by atoms with Crippen LogP contribution in [0.4, 0.5) is 0 Å². The van der Waals surface area contributed by atoms with E-state index in [2.05, 4.69) is 52.8 Å². The van der Waals surface area contributed by atoms with Crippen molar-refractivity contribution in [2.24, 2.45) is 11.3 Å². The second-order valence-electron chi connectivity index (χ2n) is 10.7. The lowest BCUT2D eigenvalue weighted by Crippen LogP contribution is -2.32. The Hall–Kier alpha value is -0.630. The van der Waals surface area contributed by atoms with Crippen molar-refractivity contribution in [1.82, 2.24) is 0 Å². The first-order valence-corrected chi connectivity index (χ1v) is 16.6. The van der Waals surface area contributed by atoms with Gasteiger partial charge in [0.05, 0.1) is 24.9 Å². The van der Waals surface area contributed by atoms with Crippen LogP contribution in [0.25, 0.3) is 0 Å². The van der Waals surface area contributed by atoms with Gasteiger partial charge in [0.2, 0.25) is 0 Å². The Morgan fingerprint density at radius 3 is 2.10 bits per heavy atom. The van der Waals surface area contributed by atoms with Gasteiger partial charge in [-0.1, -0.05) is 89.8 Å². The number of hydrogen-bond donors (Lipinski definition) is 5. The lowest BCUT2D eigenvalue weighted by molar-refractivity contribution is 0.0572. The van der Waals surface area contributed by atoms with Crippen molar-refractivity contribution in [1.29, 1.82) is 0 Å². The number of hydrogen-bond acceptors (Lipinski definition) is 6. The lowest BCUT2D eigenvalue weighted by atomic mass is 9.64. The van der Waals surface area contributed by atoms with Gasteiger partial charge in [-0.15, -0.1) is 0 Å². The predicted octanol–water partition coefficient (Wildman–Crippen LogP) is 7.22. The van der Waals surface area contributed by atoms with Gasteiger partial charge in [0.1, 0.15) is 0 Å². The van der Waals surface area contributed by atoms with Crippen molar-refractivity contribution in [3.05, 3.63) is 34.9 Å². The van der Waals surface area contributed by atoms with E-state index in [4.69, 9.17) is 15.3 Å². The van der Waals surface area contributed by atoms with Crippen LogP contribution < -0.4 is 0 Å². The number of aliphatic hydroxyl groups is 5. The molecule has 3 aliphatic rings. The third-order valence-electron chi connectivity index (χ3n) is 7.82. The first-order chi connectivity index (χ1) is 18.7. The molecule has 3 aliphatic carbocycles. The molecule has 0 aromatic heterocycles. The molecule has 5 nitrogen and oxygen atoms in total. The molecule has 232 valence electrons. The van der Waals surface area contributed by atoms with E-state index in [9.17, 15) is 10.2 Å². The summed E-state index contributed by atoms with van der Waals surface area (Å²) >= 11 is 1.92. The summed E-state index contributed by atoms with van der Waals surface area (Å²) in [7, 11) is 1.00. The minimum atomic E-state index is -0.501. The summed E-state index contributed by atoms with van der Waals surface area (Å²) in [5.41, 5.74) is 4.47. The fourth-order valence-corrected chi connectivity index (χ4v) is 6.94. The van der Waals surface area contributed by atoms with E-state index in [1.807, 2.05) is 25.6 Å². The number of aliphatic hydroxyl groups excluding tert-OH is 4. The van der Waals surface area contributed by atoms with Crippen LogP contribution >= 0.6 is 11.8 Å². The average Bonchev–Trinajstić information content (AvgIpc) is 3.31. The molecule has 0 amide bonds. The van der Waals surface area contributed by atoms with E-state index in [1.165, 1.54) is 37.7 Å². The highest BCUT2D eigenvalue weighted by atomic mass is 32.2. The third-order valence-corrected chi connectivity index (χ3v) is 9.08. The van der Waals surface area contributed by atoms with E-state index < -0.39 is 5.60 Å². The second-order valence-corrected chi connectivity index (χ2v) is 11.7. The van der Waals surface area contributed by atoms with Crippen molar-refractivity contribution in [3.63, 3.8) is 0 Å². The maximum atomic E-state index is 10.6. The van der Waals surface area contributed by atoms with Crippen LogP contribution in [-0.2, 0) is 0 Å². The summed E-state index contributed by atoms with van der Waals surface area (Å²) in [6.07, 6.45) is 19.1. The monoisotopic (exact) mass is 572 g/mol. The standard InChI is InChI=1S/C25H40O2S.C3H8.C2H6O2.C2H6.CH4O/c1-4-25(27,5-2)18-28-17-21-13-14-23-20(9-7-15-24(21,23)3)12-11-19-8-6-10-22(26)16-19;1-3-2;3-1-2-4;2*1-2/h11-13,22-23,26-27H,4-10,14-18H2,1-3H3;3H2,1-2H3;3-4H,1-2H2;1-2H3;2H,1H3/b19-11-,20-12+;;;;/t22-,23?,24?;;;;/m0..../s1. The Morgan fingerprint density at radius 2 is 1.59 bits per heavy atom. The minimum Gasteiger partial charge on any atom is -0.400 e. The van der Waals surface area contributed by atoms with Gasteiger partial charge in [-0.05, 0) is 75.5 Å². The quantitative estimate of drug-likeness (QED) is 0.197. The molecule has 2 fully saturated rings. The molecule has 0 spiro atoms. The minimum absolute atomic E-state index is 0.125. The van der Waals surface area contributed by atoms with Crippen LogP contribution in [-0.4, -0.2) is 69.1 Å². The first-order valence-electron chi connectivity index (χ1n) is 15.5. The van der Waals surface area contributed by atoms with Crippen LogP contribution in [0.5, 0.6) is 0 Å². The number of thioether (sulfide) groups is 1. The zero-order chi connectivity index (χ0) is 30.3. The highest BCUT2D eigenvalue weighted by Crippen LogP contribution is 2.55. The maximum absolute atomic E-state index is 10.6. The molecule has 0 aromatic rings. The SMILES string of the molecule is CC.CCC.CCC(O)(CC)CSCC1=CCC2/C(=C/C=C3/CCC[C@H](O)C3)CCCC12C.CO.OCCO. The molecule has 0 radical (unpaired) electrons. The van der Waals surface area contributed by atoms with Crippen LogP contribution in [0.3, 0.4) is 0 Å². The predicted molar refractivity (Wildman–Crippen MR) is 171 cm³/mol. The zero-order valence-corrected chi connectivity index (χ0v) is 27.5. The zero-order valence-electron chi connectivity index (χ0n) is 26.6. The fraction of sp³-hybridized carbons (Fsp3) is 0.818. The Labute approximate surface area is 245 Å². The van der Waals surface area contributed by atoms with Gasteiger partial charge >= 0.3 is 0 Å². The van der Waals surface area contributed by atoms with E-state index in [1.54, 1.807) is 11.1 Å². The molecule has 2 unspecified atom stereocenters. The Balaban J connectivity index is 0. The largest absolute Gasteiger partial charge is 0.400 e. The Morgan fingerprint density at radius 1 is 1.00 bits per heavy atom.